The molecule has 1 aliphatic rings. The summed E-state index contributed by atoms with van der Waals surface area (Å²) in [7, 11) is 0. The van der Waals surface area contributed by atoms with E-state index in [1.807, 2.05) is 11.8 Å². The Labute approximate surface area is 79.1 Å². The first-order valence-corrected chi connectivity index (χ1v) is 4.88. The molecule has 0 aromatic carbocycles. The van der Waals surface area contributed by atoms with E-state index in [2.05, 4.69) is 11.8 Å². The molecule has 76 valence electrons. The first-order chi connectivity index (χ1) is 6.19. The van der Waals surface area contributed by atoms with Crippen molar-refractivity contribution in [2.45, 2.75) is 19.9 Å². The van der Waals surface area contributed by atoms with Gasteiger partial charge in [-0.2, -0.15) is 0 Å². The maximum Gasteiger partial charge on any atom is 0.322 e. The summed E-state index contributed by atoms with van der Waals surface area (Å²) < 4.78 is 0. The van der Waals surface area contributed by atoms with E-state index in [4.69, 9.17) is 5.11 Å². The normalized spacial score (nSPS) is 26.2. The van der Waals surface area contributed by atoms with Crippen LogP contribution >= 0.6 is 0 Å². The van der Waals surface area contributed by atoms with Gasteiger partial charge in [-0.15, -0.1) is 0 Å². The molecule has 0 radical (unpaired) electrons. The summed E-state index contributed by atoms with van der Waals surface area (Å²) in [4.78, 5) is 15.1. The molecule has 0 bridgehead atoms. The molecule has 0 spiro atoms. The molecule has 4 heteroatoms. The number of aliphatic carboxylic acids is 1. The zero-order valence-electron chi connectivity index (χ0n) is 8.36. The largest absolute Gasteiger partial charge is 0.480 e. The van der Waals surface area contributed by atoms with E-state index in [1.165, 1.54) is 0 Å². The molecule has 0 saturated carbocycles. The Kier molecular flexibility index (Phi) is 3.69. The third-order valence-electron chi connectivity index (χ3n) is 2.71. The highest BCUT2D eigenvalue weighted by Crippen LogP contribution is 2.09. The van der Waals surface area contributed by atoms with Gasteiger partial charge in [-0.25, -0.2) is 0 Å². The SMILES string of the molecule is CCN1CCN(CC)C(C(=O)O)C1. The highest BCUT2D eigenvalue weighted by atomic mass is 16.4. The third-order valence-corrected chi connectivity index (χ3v) is 2.71. The van der Waals surface area contributed by atoms with Crippen LogP contribution in [0.25, 0.3) is 0 Å². The smallest absolute Gasteiger partial charge is 0.322 e. The summed E-state index contributed by atoms with van der Waals surface area (Å²) in [6.45, 7) is 8.39. The Morgan fingerprint density at radius 1 is 1.38 bits per heavy atom. The van der Waals surface area contributed by atoms with E-state index in [0.29, 0.717) is 6.54 Å². The molecule has 0 amide bonds. The molecule has 0 aliphatic carbocycles. The van der Waals surface area contributed by atoms with Crippen molar-refractivity contribution in [2.75, 3.05) is 32.7 Å². The maximum atomic E-state index is 10.9. The summed E-state index contributed by atoms with van der Waals surface area (Å²) in [5.74, 6) is -0.694. The molecular formula is C9H18N2O2. The average molecular weight is 186 g/mol. The fourth-order valence-corrected chi connectivity index (χ4v) is 1.78. The van der Waals surface area contributed by atoms with Crippen molar-refractivity contribution in [1.29, 1.82) is 0 Å². The zero-order chi connectivity index (χ0) is 9.84. The summed E-state index contributed by atoms with van der Waals surface area (Å²) in [6.07, 6.45) is 0. The van der Waals surface area contributed by atoms with E-state index in [-0.39, 0.29) is 6.04 Å². The Bertz CT molecular complexity index is 184. The van der Waals surface area contributed by atoms with Crippen LogP contribution in [0, 0.1) is 0 Å². The van der Waals surface area contributed by atoms with Crippen molar-refractivity contribution >= 4 is 5.97 Å². The summed E-state index contributed by atoms with van der Waals surface area (Å²) in [5.41, 5.74) is 0. The van der Waals surface area contributed by atoms with Gasteiger partial charge in [-0.1, -0.05) is 13.8 Å². The van der Waals surface area contributed by atoms with Crippen molar-refractivity contribution in [3.05, 3.63) is 0 Å². The van der Waals surface area contributed by atoms with Crippen LogP contribution < -0.4 is 0 Å². The van der Waals surface area contributed by atoms with Crippen LogP contribution in [-0.2, 0) is 4.79 Å². The number of piperazine rings is 1. The molecule has 0 aromatic heterocycles. The van der Waals surface area contributed by atoms with Gasteiger partial charge in [0.25, 0.3) is 0 Å². The van der Waals surface area contributed by atoms with Gasteiger partial charge >= 0.3 is 5.97 Å². The predicted molar refractivity (Wildman–Crippen MR) is 50.8 cm³/mol. The second kappa shape index (κ2) is 4.58. The lowest BCUT2D eigenvalue weighted by Gasteiger charge is -2.38. The Morgan fingerprint density at radius 3 is 2.54 bits per heavy atom. The van der Waals surface area contributed by atoms with Gasteiger partial charge in [0.2, 0.25) is 0 Å². The van der Waals surface area contributed by atoms with Gasteiger partial charge in [-0.3, -0.25) is 9.69 Å². The summed E-state index contributed by atoms with van der Waals surface area (Å²) in [6, 6.07) is -0.307. The summed E-state index contributed by atoms with van der Waals surface area (Å²) in [5, 5.41) is 8.98. The Balaban J connectivity index is 2.57. The molecule has 1 aliphatic heterocycles. The van der Waals surface area contributed by atoms with Crippen molar-refractivity contribution < 1.29 is 9.90 Å². The number of carboxylic acids is 1. The molecule has 1 saturated heterocycles. The maximum absolute atomic E-state index is 10.9. The number of likely N-dealkylation sites (N-methyl/N-ethyl adjacent to an activating group) is 2. The van der Waals surface area contributed by atoms with Crippen molar-refractivity contribution in [1.82, 2.24) is 9.80 Å². The van der Waals surface area contributed by atoms with Crippen LogP contribution in [0.1, 0.15) is 13.8 Å². The van der Waals surface area contributed by atoms with E-state index in [9.17, 15) is 4.79 Å². The van der Waals surface area contributed by atoms with Gasteiger partial charge in [0, 0.05) is 19.6 Å². The summed E-state index contributed by atoms with van der Waals surface area (Å²) >= 11 is 0. The van der Waals surface area contributed by atoms with Gasteiger partial charge in [0.05, 0.1) is 0 Å². The van der Waals surface area contributed by atoms with Crippen LogP contribution in [0.15, 0.2) is 0 Å². The number of hydrogen-bond donors (Lipinski definition) is 1. The van der Waals surface area contributed by atoms with Gasteiger partial charge in [0.15, 0.2) is 0 Å². The second-order valence-electron chi connectivity index (χ2n) is 3.38. The molecule has 1 N–H and O–H groups in total. The van der Waals surface area contributed by atoms with Crippen LogP contribution in [0.5, 0.6) is 0 Å². The first-order valence-electron chi connectivity index (χ1n) is 4.88. The van der Waals surface area contributed by atoms with Gasteiger partial charge < -0.3 is 10.0 Å². The fraction of sp³-hybridized carbons (Fsp3) is 0.889. The van der Waals surface area contributed by atoms with Crippen LogP contribution in [-0.4, -0.2) is 59.6 Å². The molecule has 1 fully saturated rings. The van der Waals surface area contributed by atoms with Crippen LogP contribution in [0.3, 0.4) is 0 Å². The predicted octanol–water partition coefficient (Wildman–Crippen LogP) is 0.0970. The first kappa shape index (κ1) is 10.5. The van der Waals surface area contributed by atoms with Crippen LogP contribution in [0.4, 0.5) is 0 Å². The van der Waals surface area contributed by atoms with Crippen molar-refractivity contribution in [3.8, 4) is 0 Å². The minimum absolute atomic E-state index is 0.307. The highest BCUT2D eigenvalue weighted by molar-refractivity contribution is 5.73. The zero-order valence-corrected chi connectivity index (χ0v) is 8.36. The lowest BCUT2D eigenvalue weighted by atomic mass is 10.1. The Morgan fingerprint density at radius 2 is 2.08 bits per heavy atom. The van der Waals surface area contributed by atoms with Gasteiger partial charge in [0.1, 0.15) is 6.04 Å². The molecule has 0 aromatic rings. The number of nitrogens with zero attached hydrogens (tertiary/aromatic N) is 2. The van der Waals surface area contributed by atoms with E-state index in [0.717, 1.165) is 26.2 Å². The van der Waals surface area contributed by atoms with E-state index in [1.54, 1.807) is 0 Å². The van der Waals surface area contributed by atoms with Crippen LogP contribution in [0.2, 0.25) is 0 Å². The number of carbonyl (C=O) groups is 1. The minimum atomic E-state index is -0.694. The second-order valence-corrected chi connectivity index (χ2v) is 3.38. The molecule has 1 heterocycles. The molecule has 4 nitrogen and oxygen atoms in total. The molecule has 1 rings (SSSR count). The van der Waals surface area contributed by atoms with Crippen molar-refractivity contribution in [3.63, 3.8) is 0 Å². The van der Waals surface area contributed by atoms with Crippen molar-refractivity contribution in [2.24, 2.45) is 0 Å². The standard InChI is InChI=1S/C9H18N2O2/c1-3-10-5-6-11(4-2)8(7-10)9(12)13/h8H,3-7H2,1-2H3,(H,12,13). The number of hydrogen-bond acceptors (Lipinski definition) is 3. The number of carboxylic acid groups (broad SMARTS) is 1. The highest BCUT2D eigenvalue weighted by Gasteiger charge is 2.30. The average Bonchev–Trinajstić information content (AvgIpc) is 2.16. The van der Waals surface area contributed by atoms with E-state index < -0.39 is 5.97 Å². The molecular weight excluding hydrogens is 168 g/mol. The minimum Gasteiger partial charge on any atom is -0.480 e. The third kappa shape index (κ3) is 2.42. The topological polar surface area (TPSA) is 43.8 Å². The molecule has 1 atom stereocenters. The molecule has 1 unspecified atom stereocenters. The number of rotatable bonds is 3. The molecule has 13 heavy (non-hydrogen) atoms. The van der Waals surface area contributed by atoms with E-state index >= 15 is 0 Å². The lowest BCUT2D eigenvalue weighted by molar-refractivity contribution is -0.145. The quantitative estimate of drug-likeness (QED) is 0.679. The van der Waals surface area contributed by atoms with Gasteiger partial charge in [-0.05, 0) is 13.1 Å². The Hall–Kier alpha value is -0.610. The monoisotopic (exact) mass is 186 g/mol. The fourth-order valence-electron chi connectivity index (χ4n) is 1.78. The lowest BCUT2D eigenvalue weighted by Crippen LogP contribution is -2.56.